The lowest BCUT2D eigenvalue weighted by atomic mass is 10.00. The summed E-state index contributed by atoms with van der Waals surface area (Å²) in [5.74, 6) is -0.154. The molecule has 0 fully saturated rings. The van der Waals surface area contributed by atoms with Crippen LogP contribution in [0.2, 0.25) is 5.15 Å². The predicted octanol–water partition coefficient (Wildman–Crippen LogP) is 1.32. The zero-order valence-electron chi connectivity index (χ0n) is 10.6. The Bertz CT molecular complexity index is 598. The van der Waals surface area contributed by atoms with Crippen molar-refractivity contribution in [1.82, 2.24) is 19.9 Å². The van der Waals surface area contributed by atoms with Crippen LogP contribution in [0.1, 0.15) is 20.3 Å². The maximum Gasteiger partial charge on any atom is 0.243 e. The number of fused-ring (bicyclic) bond motifs is 1. The van der Waals surface area contributed by atoms with Crippen molar-refractivity contribution in [2.75, 3.05) is 5.32 Å². The molecule has 2 heterocycles. The van der Waals surface area contributed by atoms with Gasteiger partial charge in [0.15, 0.2) is 10.8 Å². The van der Waals surface area contributed by atoms with Crippen molar-refractivity contribution in [3.63, 3.8) is 0 Å². The summed E-state index contributed by atoms with van der Waals surface area (Å²) in [4.78, 5) is 26.7. The van der Waals surface area contributed by atoms with Gasteiger partial charge in [0.25, 0.3) is 0 Å². The van der Waals surface area contributed by atoms with Crippen molar-refractivity contribution >= 4 is 34.6 Å². The molecule has 2 aromatic heterocycles. The Labute approximate surface area is 115 Å². The van der Waals surface area contributed by atoms with Crippen LogP contribution in [0.4, 0.5) is 5.95 Å². The van der Waals surface area contributed by atoms with Gasteiger partial charge in [0.1, 0.15) is 5.52 Å². The van der Waals surface area contributed by atoms with Crippen LogP contribution >= 0.6 is 11.6 Å². The van der Waals surface area contributed by atoms with E-state index < -0.39 is 6.04 Å². The van der Waals surface area contributed by atoms with E-state index in [1.807, 2.05) is 13.8 Å². The molecule has 0 aliphatic carbocycles. The van der Waals surface area contributed by atoms with E-state index in [0.29, 0.717) is 11.2 Å². The van der Waals surface area contributed by atoms with Crippen LogP contribution in [0, 0.1) is 5.92 Å². The fourth-order valence-corrected chi connectivity index (χ4v) is 1.78. The van der Waals surface area contributed by atoms with Gasteiger partial charge in [-0.3, -0.25) is 10.1 Å². The van der Waals surface area contributed by atoms with E-state index in [-0.39, 0.29) is 22.9 Å². The standard InChI is InChI=1S/C11H15ClN6O/c1-3-5(2)6(13)10(19)18-11-16-8(12)7-9(17-11)15-4-14-7/h4-6H,3,13H2,1-2H3,(H2,14,15,16,17,18,19)/t5-,6-/m0/s1. The topological polar surface area (TPSA) is 110 Å². The maximum atomic E-state index is 11.9. The molecule has 0 saturated carbocycles. The molecule has 0 unspecified atom stereocenters. The summed E-state index contributed by atoms with van der Waals surface area (Å²) in [7, 11) is 0. The van der Waals surface area contributed by atoms with Crippen LogP contribution < -0.4 is 11.1 Å². The smallest absolute Gasteiger partial charge is 0.243 e. The van der Waals surface area contributed by atoms with Crippen LogP contribution in [0.25, 0.3) is 11.2 Å². The number of nitrogens with one attached hydrogen (secondary N) is 2. The molecule has 2 atom stereocenters. The Morgan fingerprint density at radius 2 is 2.32 bits per heavy atom. The number of amides is 1. The van der Waals surface area contributed by atoms with Crippen molar-refractivity contribution in [3.8, 4) is 0 Å². The van der Waals surface area contributed by atoms with Gasteiger partial charge in [-0.15, -0.1) is 0 Å². The second-order valence-electron chi connectivity index (χ2n) is 4.34. The number of carbonyl (C=O) groups is 1. The number of nitrogens with two attached hydrogens (primary N) is 1. The highest BCUT2D eigenvalue weighted by atomic mass is 35.5. The van der Waals surface area contributed by atoms with Gasteiger partial charge in [0.05, 0.1) is 12.4 Å². The molecule has 0 bridgehead atoms. The Hall–Kier alpha value is -1.73. The third-order valence-electron chi connectivity index (χ3n) is 3.04. The van der Waals surface area contributed by atoms with Gasteiger partial charge in [-0.1, -0.05) is 31.9 Å². The van der Waals surface area contributed by atoms with Crippen molar-refractivity contribution in [3.05, 3.63) is 11.5 Å². The first-order chi connectivity index (χ1) is 9.02. The maximum absolute atomic E-state index is 11.9. The molecule has 0 saturated heterocycles. The molecule has 1 amide bonds. The summed E-state index contributed by atoms with van der Waals surface area (Å²) >= 11 is 5.95. The van der Waals surface area contributed by atoms with Gasteiger partial charge in [-0.2, -0.15) is 9.97 Å². The van der Waals surface area contributed by atoms with Gasteiger partial charge < -0.3 is 10.7 Å². The SMILES string of the molecule is CC[C@H](C)[C@H](N)C(=O)Nc1nc(Cl)c2[nH]cnc2n1. The first-order valence-corrected chi connectivity index (χ1v) is 6.33. The van der Waals surface area contributed by atoms with Crippen molar-refractivity contribution < 1.29 is 4.79 Å². The molecule has 0 spiro atoms. The number of hydrogen-bond donors (Lipinski definition) is 3. The fourth-order valence-electron chi connectivity index (χ4n) is 1.56. The van der Waals surface area contributed by atoms with Crippen LogP contribution in [0.15, 0.2) is 6.33 Å². The summed E-state index contributed by atoms with van der Waals surface area (Å²) in [5.41, 5.74) is 6.76. The van der Waals surface area contributed by atoms with E-state index in [9.17, 15) is 4.79 Å². The number of halogens is 1. The van der Waals surface area contributed by atoms with Crippen molar-refractivity contribution in [1.29, 1.82) is 0 Å². The minimum atomic E-state index is -0.609. The van der Waals surface area contributed by atoms with Crippen molar-refractivity contribution in [2.24, 2.45) is 11.7 Å². The van der Waals surface area contributed by atoms with Gasteiger partial charge in [0, 0.05) is 0 Å². The monoisotopic (exact) mass is 282 g/mol. The van der Waals surface area contributed by atoms with E-state index in [2.05, 4.69) is 25.3 Å². The summed E-state index contributed by atoms with van der Waals surface area (Å²) in [6, 6.07) is -0.609. The number of rotatable bonds is 4. The quantitative estimate of drug-likeness (QED) is 0.733. The zero-order valence-corrected chi connectivity index (χ0v) is 11.4. The van der Waals surface area contributed by atoms with Gasteiger partial charge >= 0.3 is 0 Å². The number of anilines is 1. The average molecular weight is 283 g/mol. The molecule has 8 heteroatoms. The zero-order chi connectivity index (χ0) is 14.0. The lowest BCUT2D eigenvalue weighted by molar-refractivity contribution is -0.118. The molecule has 0 aromatic carbocycles. The van der Waals surface area contributed by atoms with Crippen LogP contribution in [-0.4, -0.2) is 31.9 Å². The predicted molar refractivity (Wildman–Crippen MR) is 72.8 cm³/mol. The van der Waals surface area contributed by atoms with Gasteiger partial charge in [-0.05, 0) is 5.92 Å². The largest absolute Gasteiger partial charge is 0.341 e. The Balaban J connectivity index is 2.19. The Morgan fingerprint density at radius 3 is 3.00 bits per heavy atom. The average Bonchev–Trinajstić information content (AvgIpc) is 2.85. The summed E-state index contributed by atoms with van der Waals surface area (Å²) < 4.78 is 0. The molecule has 7 nitrogen and oxygen atoms in total. The first-order valence-electron chi connectivity index (χ1n) is 5.96. The van der Waals surface area contributed by atoms with Gasteiger partial charge in [0.2, 0.25) is 11.9 Å². The highest BCUT2D eigenvalue weighted by Gasteiger charge is 2.20. The van der Waals surface area contributed by atoms with Crippen LogP contribution in [0.5, 0.6) is 0 Å². The number of H-pyrrole nitrogens is 1. The van der Waals surface area contributed by atoms with E-state index in [1.165, 1.54) is 6.33 Å². The fraction of sp³-hybridized carbons (Fsp3) is 0.455. The van der Waals surface area contributed by atoms with Crippen molar-refractivity contribution in [2.45, 2.75) is 26.3 Å². The molecule has 102 valence electrons. The third-order valence-corrected chi connectivity index (χ3v) is 3.31. The number of carbonyl (C=O) groups excluding carboxylic acids is 1. The summed E-state index contributed by atoms with van der Waals surface area (Å²) in [6.07, 6.45) is 2.27. The minimum absolute atomic E-state index is 0.0737. The number of aromatic nitrogens is 4. The minimum Gasteiger partial charge on any atom is -0.341 e. The molecular weight excluding hydrogens is 268 g/mol. The summed E-state index contributed by atoms with van der Waals surface area (Å²) in [6.45, 7) is 3.88. The third kappa shape index (κ3) is 2.82. The molecule has 2 aromatic rings. The highest BCUT2D eigenvalue weighted by molar-refractivity contribution is 6.33. The Morgan fingerprint density at radius 1 is 1.58 bits per heavy atom. The first kappa shape index (κ1) is 13.7. The van der Waals surface area contributed by atoms with E-state index in [4.69, 9.17) is 17.3 Å². The molecule has 0 aliphatic rings. The molecule has 0 radical (unpaired) electrons. The summed E-state index contributed by atoms with van der Waals surface area (Å²) in [5, 5.41) is 2.76. The van der Waals surface area contributed by atoms with E-state index in [1.54, 1.807) is 0 Å². The number of aromatic amines is 1. The lowest BCUT2D eigenvalue weighted by Gasteiger charge is -2.16. The molecule has 19 heavy (non-hydrogen) atoms. The number of imidazole rings is 1. The normalized spacial score (nSPS) is 14.3. The second-order valence-corrected chi connectivity index (χ2v) is 4.70. The molecule has 4 N–H and O–H groups in total. The van der Waals surface area contributed by atoms with E-state index in [0.717, 1.165) is 6.42 Å². The number of nitrogens with zero attached hydrogens (tertiary/aromatic N) is 3. The van der Waals surface area contributed by atoms with E-state index >= 15 is 0 Å². The molecule has 2 rings (SSSR count). The Kier molecular flexibility index (Phi) is 3.96. The van der Waals surface area contributed by atoms with Gasteiger partial charge in [-0.25, -0.2) is 4.98 Å². The highest BCUT2D eigenvalue weighted by Crippen LogP contribution is 2.18. The number of hydrogen-bond acceptors (Lipinski definition) is 5. The van der Waals surface area contributed by atoms with Crippen LogP contribution in [0.3, 0.4) is 0 Å². The lowest BCUT2D eigenvalue weighted by Crippen LogP contribution is -2.41. The van der Waals surface area contributed by atoms with Crippen LogP contribution in [-0.2, 0) is 4.79 Å². The molecular formula is C11H15ClN6O. The molecule has 0 aliphatic heterocycles. The second kappa shape index (κ2) is 5.50.